The van der Waals surface area contributed by atoms with Crippen LogP contribution < -0.4 is 0 Å². The third-order valence-electron chi connectivity index (χ3n) is 4.20. The molecule has 0 radical (unpaired) electrons. The van der Waals surface area contributed by atoms with Crippen LogP contribution in [0.2, 0.25) is 0 Å². The minimum atomic E-state index is -0.198. The van der Waals surface area contributed by atoms with Crippen molar-refractivity contribution in [2.24, 2.45) is 5.92 Å². The lowest BCUT2D eigenvalue weighted by Crippen LogP contribution is -2.14. The molecule has 0 amide bonds. The van der Waals surface area contributed by atoms with Gasteiger partial charge in [-0.05, 0) is 17.7 Å². The van der Waals surface area contributed by atoms with Gasteiger partial charge in [0.2, 0.25) is 0 Å². The zero-order valence-corrected chi connectivity index (χ0v) is 9.71. The summed E-state index contributed by atoms with van der Waals surface area (Å²) in [6.45, 7) is 0.464. The summed E-state index contributed by atoms with van der Waals surface area (Å²) in [6.07, 6.45) is 1.66. The van der Waals surface area contributed by atoms with Crippen molar-refractivity contribution in [3.05, 3.63) is 60.1 Å². The maximum absolute atomic E-state index is 11.8. The van der Waals surface area contributed by atoms with Crippen LogP contribution in [0.25, 0.3) is 0 Å². The second-order valence-electron chi connectivity index (χ2n) is 4.98. The van der Waals surface area contributed by atoms with E-state index in [9.17, 15) is 4.79 Å². The van der Waals surface area contributed by atoms with E-state index in [0.29, 0.717) is 6.61 Å². The number of carbonyl (C=O) groups excluding carboxylic acids is 1. The quantitative estimate of drug-likeness (QED) is 0.757. The van der Waals surface area contributed by atoms with Gasteiger partial charge in [-0.2, -0.15) is 0 Å². The van der Waals surface area contributed by atoms with E-state index in [1.165, 1.54) is 5.56 Å². The summed E-state index contributed by atoms with van der Waals surface area (Å²) in [5.74, 6) is 0.850. The summed E-state index contributed by atoms with van der Waals surface area (Å²) in [6, 6.07) is 13.9. The highest BCUT2D eigenvalue weighted by Gasteiger charge is 2.75. The van der Waals surface area contributed by atoms with Gasteiger partial charge >= 0.3 is 5.97 Å². The molecule has 2 fully saturated rings. The van der Waals surface area contributed by atoms with Gasteiger partial charge < -0.3 is 9.15 Å². The number of fused-ring (bicyclic) bond motifs is 1. The second-order valence-corrected chi connectivity index (χ2v) is 4.98. The molecule has 0 N–H and O–H groups in total. The number of hydrogen-bond acceptors (Lipinski definition) is 3. The molecule has 4 rings (SSSR count). The average Bonchev–Trinajstić information content (AvgIpc) is 2.77. The van der Waals surface area contributed by atoms with Gasteiger partial charge in [-0.1, -0.05) is 30.3 Å². The first-order valence-corrected chi connectivity index (χ1v) is 6.09. The van der Waals surface area contributed by atoms with Gasteiger partial charge in [0, 0.05) is 5.92 Å². The Bertz CT molecular complexity index is 587. The molecule has 1 saturated heterocycles. The molecule has 1 saturated carbocycles. The molecule has 2 aliphatic rings. The van der Waals surface area contributed by atoms with E-state index in [2.05, 4.69) is 12.1 Å². The first-order chi connectivity index (χ1) is 8.84. The first kappa shape index (κ1) is 9.95. The zero-order chi connectivity index (χ0) is 12.2. The Hall–Kier alpha value is -2.03. The summed E-state index contributed by atoms with van der Waals surface area (Å²) in [7, 11) is 0. The fourth-order valence-corrected chi connectivity index (χ4v) is 3.32. The van der Waals surface area contributed by atoms with Crippen LogP contribution in [-0.2, 0) is 14.9 Å². The van der Waals surface area contributed by atoms with Crippen LogP contribution in [0.5, 0.6) is 0 Å². The number of cyclic esters (lactones) is 1. The maximum atomic E-state index is 11.8. The number of rotatable bonds is 2. The molecule has 0 unspecified atom stereocenters. The summed E-state index contributed by atoms with van der Waals surface area (Å²) in [5, 5.41) is 0. The molecule has 3 atom stereocenters. The van der Waals surface area contributed by atoms with Crippen LogP contribution >= 0.6 is 0 Å². The lowest BCUT2D eigenvalue weighted by molar-refractivity contribution is -0.141. The lowest BCUT2D eigenvalue weighted by atomic mass is 9.93. The zero-order valence-electron chi connectivity index (χ0n) is 9.71. The van der Waals surface area contributed by atoms with Crippen molar-refractivity contribution in [2.75, 3.05) is 6.61 Å². The van der Waals surface area contributed by atoms with E-state index in [4.69, 9.17) is 9.15 Å². The predicted molar refractivity (Wildman–Crippen MR) is 64.0 cm³/mol. The molecule has 1 aliphatic heterocycles. The van der Waals surface area contributed by atoms with Crippen molar-refractivity contribution in [3.63, 3.8) is 0 Å². The highest BCUT2D eigenvalue weighted by molar-refractivity contribution is 5.85. The highest BCUT2D eigenvalue weighted by Crippen LogP contribution is 2.69. The van der Waals surface area contributed by atoms with Crippen molar-refractivity contribution < 1.29 is 13.9 Å². The van der Waals surface area contributed by atoms with Gasteiger partial charge in [0.25, 0.3) is 0 Å². The van der Waals surface area contributed by atoms with Crippen molar-refractivity contribution in [2.45, 2.75) is 11.3 Å². The van der Waals surface area contributed by atoms with Crippen LogP contribution in [0.4, 0.5) is 0 Å². The Morgan fingerprint density at radius 3 is 2.61 bits per heavy atom. The molecule has 90 valence electrons. The Balaban J connectivity index is 1.82. The molecule has 0 spiro atoms. The van der Waals surface area contributed by atoms with Crippen LogP contribution in [0.3, 0.4) is 0 Å². The average molecular weight is 240 g/mol. The Morgan fingerprint density at radius 1 is 1.06 bits per heavy atom. The molecule has 1 aromatic carbocycles. The third-order valence-corrected chi connectivity index (χ3v) is 4.20. The Labute approximate surface area is 104 Å². The normalized spacial score (nSPS) is 33.0. The van der Waals surface area contributed by atoms with Gasteiger partial charge in [-0.25, -0.2) is 0 Å². The van der Waals surface area contributed by atoms with E-state index in [1.54, 1.807) is 6.26 Å². The van der Waals surface area contributed by atoms with E-state index in [1.807, 2.05) is 30.3 Å². The molecular weight excluding hydrogens is 228 g/mol. The monoisotopic (exact) mass is 240 g/mol. The highest BCUT2D eigenvalue weighted by atomic mass is 16.5. The topological polar surface area (TPSA) is 39.4 Å². The van der Waals surface area contributed by atoms with Gasteiger partial charge in [0.05, 0.1) is 17.6 Å². The summed E-state index contributed by atoms with van der Waals surface area (Å²) < 4.78 is 10.7. The SMILES string of the molecule is O=C1OC[C@]2(c3ccccc3)[C@H]1[C@H]2c1ccco1. The third kappa shape index (κ3) is 1.07. The first-order valence-electron chi connectivity index (χ1n) is 6.09. The summed E-state index contributed by atoms with van der Waals surface area (Å²) in [4.78, 5) is 11.8. The molecule has 2 heterocycles. The molecule has 1 aromatic heterocycles. The van der Waals surface area contributed by atoms with Gasteiger partial charge in [0.15, 0.2) is 0 Å². The minimum Gasteiger partial charge on any atom is -0.469 e. The number of benzene rings is 1. The second kappa shape index (κ2) is 3.25. The van der Waals surface area contributed by atoms with Crippen molar-refractivity contribution >= 4 is 5.97 Å². The fraction of sp³-hybridized carbons (Fsp3) is 0.267. The van der Waals surface area contributed by atoms with E-state index < -0.39 is 0 Å². The number of esters is 1. The minimum absolute atomic E-state index is 0.0777. The fourth-order valence-electron chi connectivity index (χ4n) is 3.32. The van der Waals surface area contributed by atoms with E-state index >= 15 is 0 Å². The number of hydrogen-bond donors (Lipinski definition) is 0. The maximum Gasteiger partial charge on any atom is 0.310 e. The van der Waals surface area contributed by atoms with Crippen molar-refractivity contribution in [1.29, 1.82) is 0 Å². The Morgan fingerprint density at radius 2 is 1.89 bits per heavy atom. The number of furan rings is 1. The van der Waals surface area contributed by atoms with Crippen molar-refractivity contribution in [1.82, 2.24) is 0 Å². The molecular formula is C15H12O3. The number of carbonyl (C=O) groups is 1. The molecule has 18 heavy (non-hydrogen) atoms. The summed E-state index contributed by atoms with van der Waals surface area (Å²) >= 11 is 0. The van der Waals surface area contributed by atoms with Gasteiger partial charge in [-0.3, -0.25) is 4.79 Å². The standard InChI is InChI=1S/C15H12O3/c16-14-13-12(11-7-4-8-17-11)15(13,9-18-14)10-5-2-1-3-6-10/h1-8,12-13H,9H2/t12-,13+,15-/m1/s1. The smallest absolute Gasteiger partial charge is 0.310 e. The van der Waals surface area contributed by atoms with E-state index in [-0.39, 0.29) is 23.2 Å². The largest absolute Gasteiger partial charge is 0.469 e. The molecule has 2 aromatic rings. The van der Waals surface area contributed by atoms with Crippen LogP contribution in [0.1, 0.15) is 17.2 Å². The summed E-state index contributed by atoms with van der Waals surface area (Å²) in [5.41, 5.74) is 0.971. The predicted octanol–water partition coefficient (Wildman–Crippen LogP) is 2.49. The Kier molecular flexibility index (Phi) is 1.80. The van der Waals surface area contributed by atoms with Gasteiger partial charge in [-0.15, -0.1) is 0 Å². The lowest BCUT2D eigenvalue weighted by Gasteiger charge is -2.13. The molecule has 0 bridgehead atoms. The van der Waals surface area contributed by atoms with Gasteiger partial charge in [0.1, 0.15) is 12.4 Å². The van der Waals surface area contributed by atoms with Crippen LogP contribution in [0.15, 0.2) is 53.1 Å². The van der Waals surface area contributed by atoms with Crippen LogP contribution in [-0.4, -0.2) is 12.6 Å². The molecule has 3 nitrogen and oxygen atoms in total. The molecule has 3 heteroatoms. The number of ether oxygens (including phenoxy) is 1. The molecule has 1 aliphatic carbocycles. The van der Waals surface area contributed by atoms with Crippen LogP contribution in [0, 0.1) is 5.92 Å². The van der Waals surface area contributed by atoms with E-state index in [0.717, 1.165) is 5.76 Å². The van der Waals surface area contributed by atoms with Crippen molar-refractivity contribution in [3.8, 4) is 0 Å².